The zero-order chi connectivity index (χ0) is 21.8. The van der Waals surface area contributed by atoms with E-state index in [9.17, 15) is 14.0 Å². The number of para-hydroxylation sites is 1. The van der Waals surface area contributed by atoms with Crippen molar-refractivity contribution in [1.82, 2.24) is 15.5 Å². The SMILES string of the molecule is CC(=O)NC(CC(F)N1CCNCC1)C(=O)c1ccccc1.COc1ccccc1. The first kappa shape index (κ1) is 23.5. The number of ketones is 1. The van der Waals surface area contributed by atoms with E-state index >= 15 is 0 Å². The highest BCUT2D eigenvalue weighted by molar-refractivity contribution is 6.01. The molecule has 3 rings (SSSR count). The molecule has 0 radical (unpaired) electrons. The van der Waals surface area contributed by atoms with Gasteiger partial charge in [0, 0.05) is 45.1 Å². The van der Waals surface area contributed by atoms with Gasteiger partial charge in [-0.3, -0.25) is 14.5 Å². The van der Waals surface area contributed by atoms with Gasteiger partial charge in [0.05, 0.1) is 13.2 Å². The predicted octanol–water partition coefficient (Wildman–Crippen LogP) is 2.66. The number of amides is 1. The summed E-state index contributed by atoms with van der Waals surface area (Å²) in [4.78, 5) is 25.5. The van der Waals surface area contributed by atoms with Gasteiger partial charge in [0.25, 0.3) is 0 Å². The van der Waals surface area contributed by atoms with Crippen molar-refractivity contribution in [2.75, 3.05) is 33.3 Å². The minimum Gasteiger partial charge on any atom is -0.497 e. The Labute approximate surface area is 177 Å². The van der Waals surface area contributed by atoms with Gasteiger partial charge in [0.15, 0.2) is 12.1 Å². The van der Waals surface area contributed by atoms with Gasteiger partial charge in [-0.2, -0.15) is 0 Å². The van der Waals surface area contributed by atoms with E-state index in [4.69, 9.17) is 4.74 Å². The van der Waals surface area contributed by atoms with Crippen molar-refractivity contribution in [2.45, 2.75) is 25.7 Å². The first-order chi connectivity index (χ1) is 14.5. The summed E-state index contributed by atoms with van der Waals surface area (Å²) in [6.07, 6.45) is -1.28. The van der Waals surface area contributed by atoms with Crippen molar-refractivity contribution in [1.29, 1.82) is 0 Å². The smallest absolute Gasteiger partial charge is 0.217 e. The quantitative estimate of drug-likeness (QED) is 0.538. The number of carbonyl (C=O) groups excluding carboxylic acids is 2. The van der Waals surface area contributed by atoms with Crippen LogP contribution in [0.25, 0.3) is 0 Å². The third-order valence-corrected chi connectivity index (χ3v) is 4.71. The number of piperazine rings is 1. The van der Waals surface area contributed by atoms with Crippen molar-refractivity contribution in [3.05, 3.63) is 66.2 Å². The molecule has 1 saturated heterocycles. The largest absolute Gasteiger partial charge is 0.497 e. The number of halogens is 1. The Morgan fingerprint density at radius 1 is 1.07 bits per heavy atom. The molecule has 162 valence electrons. The van der Waals surface area contributed by atoms with E-state index in [1.54, 1.807) is 36.3 Å². The molecular weight excluding hydrogens is 385 g/mol. The molecule has 2 unspecified atom stereocenters. The predicted molar refractivity (Wildman–Crippen MR) is 115 cm³/mol. The Bertz CT molecular complexity index is 768. The number of hydrogen-bond donors (Lipinski definition) is 2. The molecule has 1 aliphatic heterocycles. The van der Waals surface area contributed by atoms with E-state index in [1.165, 1.54) is 6.92 Å². The van der Waals surface area contributed by atoms with Crippen LogP contribution in [0.3, 0.4) is 0 Å². The average Bonchev–Trinajstić information content (AvgIpc) is 2.80. The molecule has 1 heterocycles. The standard InChI is InChI=1S/C16H22FN3O2.C7H8O/c1-12(21)19-14(16(22)13-5-3-2-4-6-13)11-15(17)20-9-7-18-8-10-20;1-8-7-5-3-2-4-6-7/h2-6,14-15,18H,7-11H2,1H3,(H,19,21);2-6H,1H3. The summed E-state index contributed by atoms with van der Waals surface area (Å²) in [7, 11) is 1.66. The Kier molecular flexibility index (Phi) is 9.97. The molecule has 1 fully saturated rings. The maximum absolute atomic E-state index is 14.5. The Morgan fingerprint density at radius 3 is 2.13 bits per heavy atom. The maximum atomic E-state index is 14.5. The van der Waals surface area contributed by atoms with Crippen LogP contribution < -0.4 is 15.4 Å². The number of ether oxygens (including phenoxy) is 1. The van der Waals surface area contributed by atoms with Crippen molar-refractivity contribution in [3.63, 3.8) is 0 Å². The minimum absolute atomic E-state index is 0.0344. The molecule has 30 heavy (non-hydrogen) atoms. The molecule has 0 saturated carbocycles. The van der Waals surface area contributed by atoms with Crippen LogP contribution in [0.15, 0.2) is 60.7 Å². The summed E-state index contributed by atoms with van der Waals surface area (Å²) < 4.78 is 19.4. The van der Waals surface area contributed by atoms with Gasteiger partial charge in [-0.25, -0.2) is 4.39 Å². The second-order valence-corrected chi connectivity index (χ2v) is 6.96. The Balaban J connectivity index is 0.000000335. The molecule has 0 aromatic heterocycles. The summed E-state index contributed by atoms with van der Waals surface area (Å²) >= 11 is 0. The van der Waals surface area contributed by atoms with Crippen LogP contribution in [0, 0.1) is 0 Å². The van der Waals surface area contributed by atoms with Crippen molar-refractivity contribution >= 4 is 11.7 Å². The van der Waals surface area contributed by atoms with E-state index in [0.29, 0.717) is 18.7 Å². The zero-order valence-electron chi connectivity index (χ0n) is 17.5. The van der Waals surface area contributed by atoms with Gasteiger partial charge in [0.2, 0.25) is 5.91 Å². The van der Waals surface area contributed by atoms with Crippen LogP contribution in [0.1, 0.15) is 23.7 Å². The van der Waals surface area contributed by atoms with E-state index in [1.807, 2.05) is 36.4 Å². The van der Waals surface area contributed by atoms with Gasteiger partial charge in [-0.05, 0) is 12.1 Å². The van der Waals surface area contributed by atoms with Crippen molar-refractivity contribution in [3.8, 4) is 5.75 Å². The fourth-order valence-electron chi connectivity index (χ4n) is 3.14. The second-order valence-electron chi connectivity index (χ2n) is 6.96. The zero-order valence-corrected chi connectivity index (χ0v) is 17.5. The first-order valence-corrected chi connectivity index (χ1v) is 10.1. The Morgan fingerprint density at radius 2 is 1.63 bits per heavy atom. The second kappa shape index (κ2) is 12.7. The molecule has 7 heteroatoms. The third kappa shape index (κ3) is 7.93. The van der Waals surface area contributed by atoms with Gasteiger partial charge in [-0.1, -0.05) is 48.5 Å². The molecule has 2 aromatic rings. The number of alkyl halides is 1. The summed E-state index contributed by atoms with van der Waals surface area (Å²) in [5, 5.41) is 5.74. The molecule has 6 nitrogen and oxygen atoms in total. The van der Waals surface area contributed by atoms with Crippen LogP contribution in [-0.4, -0.2) is 62.2 Å². The molecule has 0 spiro atoms. The summed E-state index contributed by atoms with van der Waals surface area (Å²) in [5.41, 5.74) is 0.480. The molecule has 1 amide bonds. The summed E-state index contributed by atoms with van der Waals surface area (Å²) in [6.45, 7) is 4.01. The third-order valence-electron chi connectivity index (χ3n) is 4.71. The highest BCUT2D eigenvalue weighted by Gasteiger charge is 2.28. The fraction of sp³-hybridized carbons (Fsp3) is 0.391. The topological polar surface area (TPSA) is 70.7 Å². The molecule has 0 aliphatic carbocycles. The van der Waals surface area contributed by atoms with Crippen molar-refractivity contribution in [2.24, 2.45) is 0 Å². The highest BCUT2D eigenvalue weighted by Crippen LogP contribution is 2.14. The van der Waals surface area contributed by atoms with E-state index in [2.05, 4.69) is 10.6 Å². The summed E-state index contributed by atoms with van der Waals surface area (Å²) in [5.74, 6) is 0.322. The molecule has 2 N–H and O–H groups in total. The monoisotopic (exact) mass is 415 g/mol. The molecule has 0 bridgehead atoms. The fourth-order valence-corrected chi connectivity index (χ4v) is 3.14. The van der Waals surface area contributed by atoms with E-state index in [-0.39, 0.29) is 18.1 Å². The number of Topliss-reactive ketones (excluding diaryl/α,β-unsaturated/α-hetero) is 1. The lowest BCUT2D eigenvalue weighted by molar-refractivity contribution is -0.119. The van der Waals surface area contributed by atoms with Gasteiger partial charge in [0.1, 0.15) is 5.75 Å². The highest BCUT2D eigenvalue weighted by atomic mass is 19.1. The lowest BCUT2D eigenvalue weighted by Crippen LogP contribution is -2.50. The van der Waals surface area contributed by atoms with E-state index in [0.717, 1.165) is 18.8 Å². The number of hydrogen-bond acceptors (Lipinski definition) is 5. The van der Waals surface area contributed by atoms with Crippen LogP contribution in [0.2, 0.25) is 0 Å². The molecule has 1 aliphatic rings. The van der Waals surface area contributed by atoms with Crippen molar-refractivity contribution < 1.29 is 18.7 Å². The maximum Gasteiger partial charge on any atom is 0.217 e. The van der Waals surface area contributed by atoms with Gasteiger partial charge >= 0.3 is 0 Å². The van der Waals surface area contributed by atoms with Crippen LogP contribution in [0.4, 0.5) is 4.39 Å². The molecule has 2 aromatic carbocycles. The Hall–Kier alpha value is -2.77. The average molecular weight is 416 g/mol. The van der Waals surface area contributed by atoms with Crippen LogP contribution >= 0.6 is 0 Å². The number of rotatable bonds is 7. The molecular formula is C23H30FN3O3. The number of carbonyl (C=O) groups is 2. The number of nitrogens with zero attached hydrogens (tertiary/aromatic N) is 1. The lowest BCUT2D eigenvalue weighted by atomic mass is 10.0. The molecule has 2 atom stereocenters. The minimum atomic E-state index is -1.24. The van der Waals surface area contributed by atoms with E-state index < -0.39 is 12.3 Å². The lowest BCUT2D eigenvalue weighted by Gasteiger charge is -2.31. The number of benzene rings is 2. The number of methoxy groups -OCH3 is 1. The van der Waals surface area contributed by atoms with Crippen LogP contribution in [0.5, 0.6) is 5.75 Å². The van der Waals surface area contributed by atoms with Gasteiger partial charge in [-0.15, -0.1) is 0 Å². The first-order valence-electron chi connectivity index (χ1n) is 10.1. The normalized spacial score (nSPS) is 15.8. The summed E-state index contributed by atoms with van der Waals surface area (Å²) in [6, 6.07) is 17.5. The van der Waals surface area contributed by atoms with Gasteiger partial charge < -0.3 is 15.4 Å². The number of nitrogens with one attached hydrogen (secondary N) is 2. The van der Waals surface area contributed by atoms with Crippen LogP contribution in [-0.2, 0) is 4.79 Å².